The summed E-state index contributed by atoms with van der Waals surface area (Å²) in [5.74, 6) is -1.65. The van der Waals surface area contributed by atoms with Crippen molar-refractivity contribution in [1.82, 2.24) is 20.0 Å². The predicted octanol–water partition coefficient (Wildman–Crippen LogP) is 2.46. The van der Waals surface area contributed by atoms with Crippen molar-refractivity contribution >= 4 is 5.91 Å². The first-order valence-corrected chi connectivity index (χ1v) is 7.68. The Kier molecular flexibility index (Phi) is 4.51. The second-order valence-corrected chi connectivity index (χ2v) is 5.83. The zero-order valence-corrected chi connectivity index (χ0v) is 13.3. The number of nitrogens with one attached hydrogen (secondary N) is 1. The van der Waals surface area contributed by atoms with E-state index < -0.39 is 29.2 Å². The van der Waals surface area contributed by atoms with Crippen molar-refractivity contribution in [1.29, 1.82) is 0 Å². The van der Waals surface area contributed by atoms with Gasteiger partial charge in [0.2, 0.25) is 0 Å². The fourth-order valence-electron chi connectivity index (χ4n) is 2.91. The van der Waals surface area contributed by atoms with Gasteiger partial charge in [0.1, 0.15) is 11.5 Å². The summed E-state index contributed by atoms with van der Waals surface area (Å²) in [4.78, 5) is 13.9. The quantitative estimate of drug-likeness (QED) is 0.860. The smallest absolute Gasteiger partial charge is 0.337 e. The normalized spacial score (nSPS) is 17.7. The van der Waals surface area contributed by atoms with Crippen LogP contribution in [-0.4, -0.2) is 46.8 Å². The summed E-state index contributed by atoms with van der Waals surface area (Å²) >= 11 is 0. The first kappa shape index (κ1) is 17.4. The maximum atomic E-state index is 13.9. The van der Waals surface area contributed by atoms with E-state index in [1.165, 1.54) is 30.1 Å². The molecule has 5 nitrogen and oxygen atoms in total. The topological polar surface area (TPSA) is 50.2 Å². The minimum atomic E-state index is -4.86. The van der Waals surface area contributed by atoms with E-state index in [1.807, 2.05) is 0 Å². The minimum Gasteiger partial charge on any atom is -0.337 e. The molecule has 0 unspecified atom stereocenters. The van der Waals surface area contributed by atoms with Gasteiger partial charge in [0.25, 0.3) is 5.91 Å². The van der Waals surface area contributed by atoms with Crippen LogP contribution in [0.5, 0.6) is 0 Å². The Morgan fingerprint density at radius 3 is 2.68 bits per heavy atom. The third-order valence-electron chi connectivity index (χ3n) is 4.25. The summed E-state index contributed by atoms with van der Waals surface area (Å²) in [6, 6.07) is 4.79. The van der Waals surface area contributed by atoms with Gasteiger partial charge in [0, 0.05) is 19.6 Å². The molecule has 0 saturated carbocycles. The highest BCUT2D eigenvalue weighted by Gasteiger charge is 2.42. The highest BCUT2D eigenvalue weighted by molar-refractivity contribution is 5.95. The number of carbonyl (C=O) groups is 1. The lowest BCUT2D eigenvalue weighted by Crippen LogP contribution is -2.39. The number of para-hydroxylation sites is 1. The number of aromatic nitrogens is 2. The van der Waals surface area contributed by atoms with Crippen molar-refractivity contribution < 1.29 is 22.4 Å². The maximum absolute atomic E-state index is 13.9. The van der Waals surface area contributed by atoms with Gasteiger partial charge in [-0.2, -0.15) is 18.3 Å². The molecule has 3 rings (SSSR count). The van der Waals surface area contributed by atoms with Crippen LogP contribution in [0, 0.1) is 5.82 Å². The summed E-state index contributed by atoms with van der Waals surface area (Å²) in [5.41, 5.74) is -2.23. The monoisotopic (exact) mass is 356 g/mol. The number of rotatable bonds is 3. The highest BCUT2D eigenvalue weighted by atomic mass is 19.4. The van der Waals surface area contributed by atoms with Crippen molar-refractivity contribution in [2.45, 2.75) is 18.6 Å². The number of carbonyl (C=O) groups excluding carboxylic acids is 1. The summed E-state index contributed by atoms with van der Waals surface area (Å²) in [5, 5.41) is 6.69. The van der Waals surface area contributed by atoms with Crippen molar-refractivity contribution in [2.75, 3.05) is 20.1 Å². The minimum absolute atomic E-state index is 0.189. The first-order valence-electron chi connectivity index (χ1n) is 7.68. The van der Waals surface area contributed by atoms with Gasteiger partial charge in [-0.05, 0) is 25.1 Å². The van der Waals surface area contributed by atoms with E-state index in [4.69, 9.17) is 0 Å². The first-order chi connectivity index (χ1) is 11.8. The highest BCUT2D eigenvalue weighted by Crippen LogP contribution is 2.34. The Balaban J connectivity index is 2.06. The molecule has 1 aliphatic heterocycles. The van der Waals surface area contributed by atoms with E-state index in [-0.39, 0.29) is 11.7 Å². The van der Waals surface area contributed by atoms with Crippen LogP contribution in [0.1, 0.15) is 22.5 Å². The molecule has 1 amide bonds. The number of amides is 1. The third-order valence-corrected chi connectivity index (χ3v) is 4.25. The SMILES string of the molecule is CN(C(=O)c1cnn(-c2ccccc2F)c1C(F)(F)F)[C@H]1CCNC1. The second kappa shape index (κ2) is 6.47. The van der Waals surface area contributed by atoms with Gasteiger partial charge in [-0.25, -0.2) is 9.07 Å². The van der Waals surface area contributed by atoms with Gasteiger partial charge in [0.05, 0.1) is 11.8 Å². The van der Waals surface area contributed by atoms with Crippen LogP contribution in [0.25, 0.3) is 5.69 Å². The largest absolute Gasteiger partial charge is 0.434 e. The molecular weight excluding hydrogens is 340 g/mol. The molecule has 1 saturated heterocycles. The molecule has 1 atom stereocenters. The second-order valence-electron chi connectivity index (χ2n) is 5.83. The van der Waals surface area contributed by atoms with E-state index in [0.29, 0.717) is 24.2 Å². The molecule has 1 N–H and O–H groups in total. The van der Waals surface area contributed by atoms with Gasteiger partial charge in [0.15, 0.2) is 5.69 Å². The lowest BCUT2D eigenvalue weighted by Gasteiger charge is -2.24. The van der Waals surface area contributed by atoms with Crippen molar-refractivity contribution in [2.24, 2.45) is 0 Å². The van der Waals surface area contributed by atoms with E-state index in [9.17, 15) is 22.4 Å². The molecule has 1 aliphatic rings. The van der Waals surface area contributed by atoms with Crippen LogP contribution in [-0.2, 0) is 6.18 Å². The Morgan fingerprint density at radius 1 is 1.36 bits per heavy atom. The summed E-state index contributed by atoms with van der Waals surface area (Å²) in [7, 11) is 1.46. The standard InChI is InChI=1S/C16H16F4N4O/c1-23(10-6-7-21-8-10)15(25)11-9-22-24(14(11)16(18,19)20)13-5-3-2-4-12(13)17/h2-5,9-10,21H,6-8H2,1H3/t10-/m0/s1. The van der Waals surface area contributed by atoms with Crippen molar-refractivity contribution in [3.8, 4) is 5.69 Å². The summed E-state index contributed by atoms with van der Waals surface area (Å²) < 4.78 is 55.1. The molecule has 9 heteroatoms. The molecule has 134 valence electrons. The Morgan fingerprint density at radius 2 is 2.08 bits per heavy atom. The number of nitrogens with zero attached hydrogens (tertiary/aromatic N) is 3. The molecule has 0 radical (unpaired) electrons. The lowest BCUT2D eigenvalue weighted by molar-refractivity contribution is -0.143. The number of hydrogen-bond donors (Lipinski definition) is 1. The molecule has 2 heterocycles. The van der Waals surface area contributed by atoms with Gasteiger partial charge in [-0.3, -0.25) is 4.79 Å². The number of benzene rings is 1. The molecule has 25 heavy (non-hydrogen) atoms. The number of alkyl halides is 3. The molecule has 0 bridgehead atoms. The maximum Gasteiger partial charge on any atom is 0.434 e. The predicted molar refractivity (Wildman–Crippen MR) is 81.9 cm³/mol. The molecule has 2 aromatic rings. The Hall–Kier alpha value is -2.42. The average molecular weight is 356 g/mol. The lowest BCUT2D eigenvalue weighted by atomic mass is 10.1. The van der Waals surface area contributed by atoms with Gasteiger partial charge < -0.3 is 10.2 Å². The molecule has 0 aliphatic carbocycles. The van der Waals surface area contributed by atoms with E-state index >= 15 is 0 Å². The Labute approximate surface area is 141 Å². The van der Waals surface area contributed by atoms with E-state index in [2.05, 4.69) is 10.4 Å². The number of hydrogen-bond acceptors (Lipinski definition) is 3. The number of halogens is 4. The van der Waals surface area contributed by atoms with Crippen LogP contribution in [0.4, 0.5) is 17.6 Å². The van der Waals surface area contributed by atoms with Gasteiger partial charge >= 0.3 is 6.18 Å². The zero-order chi connectivity index (χ0) is 18.2. The summed E-state index contributed by atoms with van der Waals surface area (Å²) in [6.07, 6.45) is -3.36. The van der Waals surface area contributed by atoms with Crippen molar-refractivity contribution in [3.63, 3.8) is 0 Å². The fourth-order valence-corrected chi connectivity index (χ4v) is 2.91. The Bertz CT molecular complexity index is 781. The van der Waals surface area contributed by atoms with Crippen molar-refractivity contribution in [3.05, 3.63) is 47.5 Å². The van der Waals surface area contributed by atoms with Crippen LogP contribution < -0.4 is 5.32 Å². The molecule has 1 fully saturated rings. The van der Waals surface area contributed by atoms with Gasteiger partial charge in [-0.15, -0.1) is 0 Å². The molecule has 1 aromatic carbocycles. The van der Waals surface area contributed by atoms with Crippen LogP contribution in [0.15, 0.2) is 30.5 Å². The third kappa shape index (κ3) is 3.23. The molecular formula is C16H16F4N4O. The van der Waals surface area contributed by atoms with Crippen LogP contribution >= 0.6 is 0 Å². The number of likely N-dealkylation sites (N-methyl/N-ethyl adjacent to an activating group) is 1. The average Bonchev–Trinajstić information content (AvgIpc) is 3.23. The fraction of sp³-hybridized carbons (Fsp3) is 0.375. The van der Waals surface area contributed by atoms with E-state index in [0.717, 1.165) is 12.3 Å². The summed E-state index contributed by atoms with van der Waals surface area (Å²) in [6.45, 7) is 1.22. The van der Waals surface area contributed by atoms with Crippen LogP contribution in [0.3, 0.4) is 0 Å². The molecule has 0 spiro atoms. The molecule has 1 aromatic heterocycles. The van der Waals surface area contributed by atoms with Gasteiger partial charge in [-0.1, -0.05) is 12.1 Å². The van der Waals surface area contributed by atoms with Crippen LogP contribution in [0.2, 0.25) is 0 Å². The van der Waals surface area contributed by atoms with E-state index in [1.54, 1.807) is 0 Å². The zero-order valence-electron chi connectivity index (χ0n) is 13.3.